The summed E-state index contributed by atoms with van der Waals surface area (Å²) in [4.78, 5) is 10.6. The van der Waals surface area contributed by atoms with E-state index in [9.17, 15) is 0 Å². The van der Waals surface area contributed by atoms with Crippen LogP contribution in [0.4, 0.5) is 11.6 Å². The Morgan fingerprint density at radius 2 is 1.66 bits per heavy atom. The number of nitrogens with one attached hydrogen (secondary N) is 1. The summed E-state index contributed by atoms with van der Waals surface area (Å²) in [6.07, 6.45) is 5.96. The molecule has 1 aromatic heterocycles. The molecule has 0 fully saturated rings. The number of aryl methyl sites for hydroxylation is 2. The smallest absolute Gasteiger partial charge is 0.227 e. The van der Waals surface area contributed by atoms with Crippen molar-refractivity contribution in [2.45, 2.75) is 17.7 Å². The van der Waals surface area contributed by atoms with Gasteiger partial charge in [0.2, 0.25) is 11.7 Å². The molecule has 150 valence electrons. The predicted molar refractivity (Wildman–Crippen MR) is 116 cm³/mol. The summed E-state index contributed by atoms with van der Waals surface area (Å²) in [5, 5.41) is 3.27. The van der Waals surface area contributed by atoms with Crippen molar-refractivity contribution in [1.29, 1.82) is 0 Å². The van der Waals surface area contributed by atoms with Crippen LogP contribution in [0, 0.1) is 0 Å². The number of anilines is 2. The zero-order valence-corrected chi connectivity index (χ0v) is 17.7. The average Bonchev–Trinajstić information content (AvgIpc) is 2.77. The van der Waals surface area contributed by atoms with Gasteiger partial charge in [-0.25, -0.2) is 9.97 Å². The first-order valence-electron chi connectivity index (χ1n) is 9.27. The van der Waals surface area contributed by atoms with E-state index in [1.165, 1.54) is 21.6 Å². The van der Waals surface area contributed by atoms with E-state index in [1.54, 1.807) is 33.1 Å². The lowest BCUT2D eigenvalue weighted by molar-refractivity contribution is 0.324. The number of rotatable bonds is 6. The number of fused-ring (bicyclic) bond motifs is 3. The zero-order chi connectivity index (χ0) is 20.4. The van der Waals surface area contributed by atoms with Crippen molar-refractivity contribution >= 4 is 23.4 Å². The largest absolute Gasteiger partial charge is 0.493 e. The lowest BCUT2D eigenvalue weighted by Crippen LogP contribution is -2.09. The molecule has 3 aromatic rings. The van der Waals surface area contributed by atoms with E-state index in [-0.39, 0.29) is 0 Å². The van der Waals surface area contributed by atoms with Crippen LogP contribution in [-0.2, 0) is 12.8 Å². The number of methoxy groups -OCH3 is 3. The molecule has 4 rings (SSSR count). The summed E-state index contributed by atoms with van der Waals surface area (Å²) in [6, 6.07) is 10.3. The zero-order valence-electron chi connectivity index (χ0n) is 16.9. The summed E-state index contributed by atoms with van der Waals surface area (Å²) in [5.74, 6) is 2.22. The number of thioether (sulfide) groups is 1. The molecular weight excluding hydrogens is 386 g/mol. The highest BCUT2D eigenvalue weighted by molar-refractivity contribution is 7.98. The molecule has 0 saturated heterocycles. The number of hydrogen-bond acceptors (Lipinski definition) is 7. The quantitative estimate of drug-likeness (QED) is 0.590. The fourth-order valence-corrected chi connectivity index (χ4v) is 4.00. The van der Waals surface area contributed by atoms with Crippen LogP contribution in [0.3, 0.4) is 0 Å². The van der Waals surface area contributed by atoms with Crippen molar-refractivity contribution in [1.82, 2.24) is 9.97 Å². The van der Waals surface area contributed by atoms with Gasteiger partial charge in [-0.2, -0.15) is 0 Å². The van der Waals surface area contributed by atoms with Crippen LogP contribution in [0.5, 0.6) is 17.2 Å². The van der Waals surface area contributed by atoms with Crippen molar-refractivity contribution in [2.75, 3.05) is 32.9 Å². The number of nitrogens with zero attached hydrogens (tertiary/aromatic N) is 2. The standard InChI is InChI=1S/C22H23N3O3S/c1-26-18-9-15(10-19(27-2)21(18)28-3)24-22-23-12-14-6-5-13-7-8-16(29-4)11-17(13)20(14)25-22/h7-12H,5-6H2,1-4H3,(H,23,24,25). The Bertz CT molecular complexity index is 1030. The minimum atomic E-state index is 0.528. The first-order chi connectivity index (χ1) is 14.2. The molecule has 0 unspecified atom stereocenters. The predicted octanol–water partition coefficient (Wildman–Crippen LogP) is 4.73. The Morgan fingerprint density at radius 1 is 0.931 bits per heavy atom. The molecule has 2 aromatic carbocycles. The van der Waals surface area contributed by atoms with Gasteiger partial charge in [0.1, 0.15) is 0 Å². The molecule has 7 heteroatoms. The third-order valence-corrected chi connectivity index (χ3v) is 5.75. The summed E-state index contributed by atoms with van der Waals surface area (Å²) < 4.78 is 16.3. The molecule has 1 N–H and O–H groups in total. The van der Waals surface area contributed by atoms with Crippen LogP contribution >= 0.6 is 11.8 Å². The minimum Gasteiger partial charge on any atom is -0.493 e. The van der Waals surface area contributed by atoms with Crippen LogP contribution in [0.1, 0.15) is 11.1 Å². The van der Waals surface area contributed by atoms with Crippen LogP contribution in [-0.4, -0.2) is 37.6 Å². The Balaban J connectivity index is 1.72. The molecule has 0 spiro atoms. The van der Waals surface area contributed by atoms with Crippen LogP contribution in [0.15, 0.2) is 41.4 Å². The maximum absolute atomic E-state index is 5.43. The lowest BCUT2D eigenvalue weighted by atomic mass is 9.90. The van der Waals surface area contributed by atoms with Crippen molar-refractivity contribution in [2.24, 2.45) is 0 Å². The molecule has 0 amide bonds. The van der Waals surface area contributed by atoms with Crippen molar-refractivity contribution in [3.05, 3.63) is 47.7 Å². The van der Waals surface area contributed by atoms with Gasteiger partial charge >= 0.3 is 0 Å². The number of ether oxygens (including phenoxy) is 3. The van der Waals surface area contributed by atoms with Crippen LogP contribution in [0.2, 0.25) is 0 Å². The fourth-order valence-electron chi connectivity index (χ4n) is 3.56. The Hall–Kier alpha value is -2.93. The molecule has 1 aliphatic rings. The fraction of sp³-hybridized carbons (Fsp3) is 0.273. The molecule has 0 aliphatic heterocycles. The van der Waals surface area contributed by atoms with Gasteiger partial charge in [-0.3, -0.25) is 0 Å². The molecular formula is C22H23N3O3S. The van der Waals surface area contributed by atoms with E-state index in [0.29, 0.717) is 23.2 Å². The third kappa shape index (κ3) is 3.70. The minimum absolute atomic E-state index is 0.528. The van der Waals surface area contributed by atoms with Crippen molar-refractivity contribution < 1.29 is 14.2 Å². The summed E-state index contributed by atoms with van der Waals surface area (Å²) in [5.41, 5.74) is 5.44. The topological polar surface area (TPSA) is 65.5 Å². The summed E-state index contributed by atoms with van der Waals surface area (Å²) >= 11 is 1.74. The van der Waals surface area contributed by atoms with E-state index in [2.05, 4.69) is 34.8 Å². The molecule has 0 saturated carbocycles. The third-order valence-electron chi connectivity index (χ3n) is 5.02. The van der Waals surface area contributed by atoms with E-state index < -0.39 is 0 Å². The van der Waals surface area contributed by atoms with Gasteiger partial charge in [-0.1, -0.05) is 6.07 Å². The first-order valence-corrected chi connectivity index (χ1v) is 10.5. The second-order valence-corrected chi connectivity index (χ2v) is 7.51. The second-order valence-electron chi connectivity index (χ2n) is 6.63. The molecule has 29 heavy (non-hydrogen) atoms. The Labute approximate surface area is 174 Å². The van der Waals surface area contributed by atoms with Gasteiger partial charge in [0, 0.05) is 34.5 Å². The van der Waals surface area contributed by atoms with E-state index in [4.69, 9.17) is 19.2 Å². The van der Waals surface area contributed by atoms with Gasteiger partial charge < -0.3 is 19.5 Å². The molecule has 0 atom stereocenters. The highest BCUT2D eigenvalue weighted by atomic mass is 32.2. The summed E-state index contributed by atoms with van der Waals surface area (Å²) in [6.45, 7) is 0. The van der Waals surface area contributed by atoms with Gasteiger partial charge in [0.25, 0.3) is 0 Å². The van der Waals surface area contributed by atoms with E-state index >= 15 is 0 Å². The molecule has 1 heterocycles. The maximum Gasteiger partial charge on any atom is 0.227 e. The van der Waals surface area contributed by atoms with E-state index in [0.717, 1.165) is 24.2 Å². The van der Waals surface area contributed by atoms with E-state index in [1.807, 2.05) is 18.3 Å². The molecule has 0 radical (unpaired) electrons. The van der Waals surface area contributed by atoms with Crippen molar-refractivity contribution in [3.63, 3.8) is 0 Å². The highest BCUT2D eigenvalue weighted by Crippen LogP contribution is 2.41. The number of hydrogen-bond donors (Lipinski definition) is 1. The van der Waals surface area contributed by atoms with Crippen LogP contribution in [0.25, 0.3) is 11.3 Å². The molecule has 6 nitrogen and oxygen atoms in total. The van der Waals surface area contributed by atoms with Gasteiger partial charge in [-0.15, -0.1) is 11.8 Å². The molecule has 0 bridgehead atoms. The average molecular weight is 410 g/mol. The van der Waals surface area contributed by atoms with Gasteiger partial charge in [0.05, 0.1) is 27.0 Å². The van der Waals surface area contributed by atoms with Gasteiger partial charge in [-0.05, 0) is 42.4 Å². The maximum atomic E-state index is 5.43. The second kappa shape index (κ2) is 8.21. The normalized spacial score (nSPS) is 12.0. The first kappa shape index (κ1) is 19.4. The highest BCUT2D eigenvalue weighted by Gasteiger charge is 2.20. The molecule has 1 aliphatic carbocycles. The summed E-state index contributed by atoms with van der Waals surface area (Å²) in [7, 11) is 4.77. The Morgan fingerprint density at radius 3 is 2.31 bits per heavy atom. The van der Waals surface area contributed by atoms with Crippen LogP contribution < -0.4 is 19.5 Å². The number of aromatic nitrogens is 2. The lowest BCUT2D eigenvalue weighted by Gasteiger charge is -2.20. The van der Waals surface area contributed by atoms with Crippen molar-refractivity contribution in [3.8, 4) is 28.5 Å². The Kier molecular flexibility index (Phi) is 5.49. The number of benzene rings is 2. The van der Waals surface area contributed by atoms with Gasteiger partial charge in [0.15, 0.2) is 11.5 Å². The monoisotopic (exact) mass is 409 g/mol. The SMILES string of the molecule is COc1cc(Nc2ncc3c(n2)-c2cc(SC)ccc2CC3)cc(OC)c1OC.